The lowest BCUT2D eigenvalue weighted by molar-refractivity contribution is -0.167. The number of allylic oxidation sites excluding steroid dienone is 26. The van der Waals surface area contributed by atoms with Gasteiger partial charge >= 0.3 is 17.9 Å². The Morgan fingerprint density at radius 2 is 0.643 bits per heavy atom. The number of rotatable bonds is 47. The number of carbonyl (C=O) groups excluding carboxylic acids is 3. The van der Waals surface area contributed by atoms with Crippen LogP contribution in [0.1, 0.15) is 207 Å². The molecule has 6 heteroatoms. The topological polar surface area (TPSA) is 78.9 Å². The summed E-state index contributed by atoms with van der Waals surface area (Å²) in [5, 5.41) is 0. The third-order valence-corrected chi connectivity index (χ3v) is 11.0. The van der Waals surface area contributed by atoms with E-state index >= 15 is 0 Å². The van der Waals surface area contributed by atoms with Gasteiger partial charge in [0.1, 0.15) is 13.2 Å². The van der Waals surface area contributed by atoms with Crippen molar-refractivity contribution < 1.29 is 28.6 Å². The maximum absolute atomic E-state index is 12.8. The second-order valence-electron chi connectivity index (χ2n) is 17.7. The minimum atomic E-state index is -0.825. The number of unbranched alkanes of at least 4 members (excludes halogenated alkanes) is 19. The van der Waals surface area contributed by atoms with E-state index in [4.69, 9.17) is 14.2 Å². The van der Waals surface area contributed by atoms with Crippen molar-refractivity contribution in [3.8, 4) is 0 Å². The Bertz CT molecular complexity index is 1620. The zero-order valence-electron chi connectivity index (χ0n) is 44.5. The van der Waals surface area contributed by atoms with Gasteiger partial charge in [-0.25, -0.2) is 0 Å². The lowest BCUT2D eigenvalue weighted by atomic mass is 10.1. The fraction of sp³-hybridized carbons (Fsp3) is 0.547. The van der Waals surface area contributed by atoms with Crippen molar-refractivity contribution in [2.45, 2.75) is 213 Å². The van der Waals surface area contributed by atoms with Crippen LogP contribution in [0.4, 0.5) is 0 Å². The van der Waals surface area contributed by atoms with Crippen LogP contribution in [0.5, 0.6) is 0 Å². The summed E-state index contributed by atoms with van der Waals surface area (Å²) in [7, 11) is 0. The lowest BCUT2D eigenvalue weighted by Gasteiger charge is -2.18. The average molecular weight is 963 g/mol. The first-order chi connectivity index (χ1) is 34.5. The number of hydrogen-bond acceptors (Lipinski definition) is 6. The van der Waals surface area contributed by atoms with E-state index in [1.165, 1.54) is 57.8 Å². The SMILES string of the molecule is CC\C=C/C=C\C=C/C=C\C=C\C=C/CCCCCC(=O)OC(COC(=O)CCCCCCC\C=C/C=C\C=C/C=C\C=C/CCC)COC(=O)CCCCCCCCC/C=C\C/C=C\CCCCC. The van der Waals surface area contributed by atoms with Crippen molar-refractivity contribution >= 4 is 17.9 Å². The summed E-state index contributed by atoms with van der Waals surface area (Å²) in [6.07, 6.45) is 82.1. The molecule has 0 fully saturated rings. The van der Waals surface area contributed by atoms with Crippen molar-refractivity contribution in [2.75, 3.05) is 13.2 Å². The summed E-state index contributed by atoms with van der Waals surface area (Å²) in [5.41, 5.74) is 0. The van der Waals surface area contributed by atoms with Crippen LogP contribution in [0.3, 0.4) is 0 Å². The molecule has 0 aromatic heterocycles. The van der Waals surface area contributed by atoms with Gasteiger partial charge < -0.3 is 14.2 Å². The van der Waals surface area contributed by atoms with Gasteiger partial charge in [0.25, 0.3) is 0 Å². The van der Waals surface area contributed by atoms with Gasteiger partial charge in [-0.15, -0.1) is 0 Å². The number of carbonyl (C=O) groups is 3. The quantitative estimate of drug-likeness (QED) is 0.0199. The van der Waals surface area contributed by atoms with Crippen LogP contribution in [0, 0.1) is 0 Å². The predicted octanol–water partition coefficient (Wildman–Crippen LogP) is 18.6. The number of ether oxygens (including phenoxy) is 3. The van der Waals surface area contributed by atoms with Crippen molar-refractivity contribution in [3.63, 3.8) is 0 Å². The Morgan fingerprint density at radius 3 is 1.06 bits per heavy atom. The minimum Gasteiger partial charge on any atom is -0.462 e. The van der Waals surface area contributed by atoms with Crippen LogP contribution in [0.25, 0.3) is 0 Å². The zero-order valence-corrected chi connectivity index (χ0v) is 44.5. The summed E-state index contributed by atoms with van der Waals surface area (Å²) in [5.74, 6) is -1.00. The van der Waals surface area contributed by atoms with Gasteiger partial charge in [-0.2, -0.15) is 0 Å². The summed E-state index contributed by atoms with van der Waals surface area (Å²) < 4.78 is 16.8. The molecular formula is C64H98O6. The number of esters is 3. The van der Waals surface area contributed by atoms with Crippen molar-refractivity contribution in [2.24, 2.45) is 0 Å². The molecule has 0 saturated carbocycles. The highest BCUT2D eigenvalue weighted by Crippen LogP contribution is 2.13. The molecule has 0 rings (SSSR count). The van der Waals surface area contributed by atoms with Crippen LogP contribution in [0.15, 0.2) is 158 Å². The highest BCUT2D eigenvalue weighted by atomic mass is 16.6. The van der Waals surface area contributed by atoms with E-state index in [0.717, 1.165) is 103 Å². The second kappa shape index (κ2) is 56.6. The molecule has 0 aromatic carbocycles. The van der Waals surface area contributed by atoms with E-state index in [9.17, 15) is 14.4 Å². The third kappa shape index (κ3) is 54.0. The molecule has 0 heterocycles. The largest absolute Gasteiger partial charge is 0.462 e. The Morgan fingerprint density at radius 1 is 0.314 bits per heavy atom. The van der Waals surface area contributed by atoms with Crippen LogP contribution in [-0.2, 0) is 28.6 Å². The van der Waals surface area contributed by atoms with E-state index in [1.807, 2.05) is 97.2 Å². The Kier molecular flexibility index (Phi) is 52.6. The molecule has 0 aliphatic carbocycles. The zero-order chi connectivity index (χ0) is 50.7. The molecule has 70 heavy (non-hydrogen) atoms. The smallest absolute Gasteiger partial charge is 0.306 e. The van der Waals surface area contributed by atoms with Gasteiger partial charge in [0.2, 0.25) is 0 Å². The normalized spacial score (nSPS) is 13.4. The van der Waals surface area contributed by atoms with Gasteiger partial charge in [0, 0.05) is 19.3 Å². The van der Waals surface area contributed by atoms with Crippen molar-refractivity contribution in [1.29, 1.82) is 0 Å². The Hall–Kier alpha value is -4.97. The molecule has 0 radical (unpaired) electrons. The van der Waals surface area contributed by atoms with Gasteiger partial charge in [0.05, 0.1) is 0 Å². The molecular weight excluding hydrogens is 865 g/mol. The Balaban J connectivity index is 4.59. The molecule has 6 nitrogen and oxygen atoms in total. The summed E-state index contributed by atoms with van der Waals surface area (Å²) in [6.45, 7) is 6.29. The third-order valence-electron chi connectivity index (χ3n) is 11.0. The van der Waals surface area contributed by atoms with Gasteiger partial charge in [-0.1, -0.05) is 256 Å². The van der Waals surface area contributed by atoms with Crippen molar-refractivity contribution in [3.05, 3.63) is 158 Å². The standard InChI is InChI=1S/C64H98O6/c1-4-7-10-13-16-19-22-25-28-31-34-36-39-42-45-48-51-54-57-63(66)69-60-61(70-64(67)58-55-52-49-46-43-40-37-33-30-27-24-21-18-15-12-9-6-3)59-68-62(65)56-53-50-47-44-41-38-35-32-29-26-23-20-17-14-11-8-5-2/h9-10,12-13,15-22,24-31,33-34,36-37,40,43,61H,4-8,11,14,23,32,35,38-39,41-42,44-60H2,1-3H3/b12-9-,13-10-,18-15-,19-16-,20-17-,24-21-,25-22-,29-26-,30-27-,31-28-,36-34-,37-33+,43-40-. The van der Waals surface area contributed by atoms with Crippen LogP contribution in [0.2, 0.25) is 0 Å². The fourth-order valence-corrected chi connectivity index (χ4v) is 6.89. The summed E-state index contributed by atoms with van der Waals surface area (Å²) in [4.78, 5) is 38.1. The monoisotopic (exact) mass is 963 g/mol. The van der Waals surface area contributed by atoms with Crippen LogP contribution < -0.4 is 0 Å². The average Bonchev–Trinajstić information content (AvgIpc) is 3.36. The van der Waals surface area contributed by atoms with Gasteiger partial charge in [0.15, 0.2) is 6.10 Å². The summed E-state index contributed by atoms with van der Waals surface area (Å²) >= 11 is 0. The first kappa shape index (κ1) is 65.0. The van der Waals surface area contributed by atoms with Gasteiger partial charge in [-0.05, 0) is 89.9 Å². The molecule has 0 spiro atoms. The molecule has 390 valence electrons. The van der Waals surface area contributed by atoms with Crippen LogP contribution >= 0.6 is 0 Å². The first-order valence-corrected chi connectivity index (χ1v) is 27.6. The highest BCUT2D eigenvalue weighted by Gasteiger charge is 2.19. The van der Waals surface area contributed by atoms with E-state index in [1.54, 1.807) is 0 Å². The second-order valence-corrected chi connectivity index (χ2v) is 17.7. The Labute approximate surface area is 429 Å². The lowest BCUT2D eigenvalue weighted by Crippen LogP contribution is -2.30. The molecule has 0 bridgehead atoms. The highest BCUT2D eigenvalue weighted by molar-refractivity contribution is 5.71. The van der Waals surface area contributed by atoms with E-state index < -0.39 is 6.10 Å². The van der Waals surface area contributed by atoms with E-state index in [2.05, 4.69) is 81.5 Å². The van der Waals surface area contributed by atoms with E-state index in [0.29, 0.717) is 19.3 Å². The fourth-order valence-electron chi connectivity index (χ4n) is 6.89. The minimum absolute atomic E-state index is 0.117. The maximum atomic E-state index is 12.8. The first-order valence-electron chi connectivity index (χ1n) is 27.6. The molecule has 0 N–H and O–H groups in total. The van der Waals surface area contributed by atoms with Crippen molar-refractivity contribution in [1.82, 2.24) is 0 Å². The molecule has 1 unspecified atom stereocenters. The molecule has 0 aliphatic heterocycles. The van der Waals surface area contributed by atoms with E-state index in [-0.39, 0.29) is 37.5 Å². The van der Waals surface area contributed by atoms with Crippen LogP contribution in [-0.4, -0.2) is 37.2 Å². The molecule has 1 atom stereocenters. The molecule has 0 saturated heterocycles. The maximum Gasteiger partial charge on any atom is 0.306 e. The molecule has 0 aromatic rings. The van der Waals surface area contributed by atoms with Gasteiger partial charge in [-0.3, -0.25) is 14.4 Å². The molecule has 0 aliphatic rings. The number of hydrogen-bond donors (Lipinski definition) is 0. The molecule has 0 amide bonds. The predicted molar refractivity (Wildman–Crippen MR) is 302 cm³/mol. The summed E-state index contributed by atoms with van der Waals surface area (Å²) in [6, 6.07) is 0.